The lowest BCUT2D eigenvalue weighted by Crippen LogP contribution is -2.45. The maximum Gasteiger partial charge on any atom is 0.322 e. The summed E-state index contributed by atoms with van der Waals surface area (Å²) in [6, 6.07) is 4.63. The normalized spacial score (nSPS) is 22.6. The van der Waals surface area contributed by atoms with Crippen molar-refractivity contribution in [3.63, 3.8) is 0 Å². The minimum atomic E-state index is -1.35. The molecule has 2 aliphatic rings. The van der Waals surface area contributed by atoms with E-state index in [-0.39, 0.29) is 5.56 Å². The number of nitrogens with one attached hydrogen (secondary N) is 1. The van der Waals surface area contributed by atoms with Crippen molar-refractivity contribution in [2.75, 3.05) is 13.2 Å². The molecule has 3 rings (SSSR count). The second kappa shape index (κ2) is 5.92. The highest BCUT2D eigenvalue weighted by atomic mass is 35.5. The van der Waals surface area contributed by atoms with Crippen LogP contribution in [-0.4, -0.2) is 41.0 Å². The molecular formula is C16H14ClNO6. The molecule has 1 fully saturated rings. The van der Waals surface area contributed by atoms with Gasteiger partial charge in [0.25, 0.3) is 5.91 Å². The van der Waals surface area contributed by atoms with Crippen LogP contribution in [0.25, 0.3) is 5.76 Å². The number of carbonyl (C=O) groups is 3. The van der Waals surface area contributed by atoms with Crippen LogP contribution in [0.15, 0.2) is 23.8 Å². The number of amides is 1. The van der Waals surface area contributed by atoms with Crippen LogP contribution < -0.4 is 5.32 Å². The SMILES string of the molecule is O=C(O)CNC(=O)C1=C(O)c2cc(Cl)ccc2[C@]2(CCCO2)C1=O. The van der Waals surface area contributed by atoms with Gasteiger partial charge in [0, 0.05) is 22.8 Å². The molecule has 126 valence electrons. The number of carbonyl (C=O) groups excluding carboxylic acids is 2. The van der Waals surface area contributed by atoms with E-state index in [0.717, 1.165) is 0 Å². The summed E-state index contributed by atoms with van der Waals surface area (Å²) in [5.74, 6) is -3.42. The molecule has 1 saturated heterocycles. The number of aliphatic carboxylic acids is 1. The zero-order chi connectivity index (χ0) is 17.5. The van der Waals surface area contributed by atoms with E-state index >= 15 is 0 Å². The third-order valence-corrected chi connectivity index (χ3v) is 4.39. The minimum absolute atomic E-state index is 0.240. The largest absolute Gasteiger partial charge is 0.506 e. The van der Waals surface area contributed by atoms with Crippen LogP contribution in [0.1, 0.15) is 24.0 Å². The molecule has 3 N–H and O–H groups in total. The molecule has 8 heteroatoms. The molecule has 1 aromatic rings. The predicted molar refractivity (Wildman–Crippen MR) is 83.5 cm³/mol. The number of carboxylic acid groups (broad SMARTS) is 1. The molecule has 7 nitrogen and oxygen atoms in total. The van der Waals surface area contributed by atoms with Gasteiger partial charge in [0.2, 0.25) is 5.78 Å². The predicted octanol–water partition coefficient (Wildman–Crippen LogP) is 1.40. The first-order valence-corrected chi connectivity index (χ1v) is 7.67. The third-order valence-electron chi connectivity index (χ3n) is 4.15. The number of carboxylic acids is 1. The molecule has 24 heavy (non-hydrogen) atoms. The molecule has 1 spiro atoms. The van der Waals surface area contributed by atoms with Gasteiger partial charge < -0.3 is 20.3 Å². The van der Waals surface area contributed by atoms with Crippen molar-refractivity contribution in [1.82, 2.24) is 5.32 Å². The Hall–Kier alpha value is -2.38. The fourth-order valence-electron chi connectivity index (χ4n) is 3.12. The second-order valence-electron chi connectivity index (χ2n) is 5.60. The van der Waals surface area contributed by atoms with Gasteiger partial charge in [-0.15, -0.1) is 0 Å². The monoisotopic (exact) mass is 351 g/mol. The Balaban J connectivity index is 2.14. The summed E-state index contributed by atoms with van der Waals surface area (Å²) in [5, 5.41) is 21.5. The molecule has 0 bridgehead atoms. The number of fused-ring (bicyclic) bond motifs is 2. The quantitative estimate of drug-likeness (QED) is 0.709. The first kappa shape index (κ1) is 16.5. The number of ether oxygens (including phenoxy) is 1. The molecule has 0 unspecified atom stereocenters. The van der Waals surface area contributed by atoms with Crippen molar-refractivity contribution in [1.29, 1.82) is 0 Å². The maximum atomic E-state index is 12.9. The van der Waals surface area contributed by atoms with E-state index in [2.05, 4.69) is 5.32 Å². The van der Waals surface area contributed by atoms with E-state index < -0.39 is 41.1 Å². The van der Waals surface area contributed by atoms with Crippen LogP contribution in [0.2, 0.25) is 5.02 Å². The summed E-state index contributed by atoms with van der Waals surface area (Å²) >= 11 is 5.97. The van der Waals surface area contributed by atoms with Crippen molar-refractivity contribution in [3.8, 4) is 0 Å². The first-order valence-electron chi connectivity index (χ1n) is 7.29. The highest BCUT2D eigenvalue weighted by molar-refractivity contribution is 6.31. The highest BCUT2D eigenvalue weighted by Crippen LogP contribution is 2.46. The summed E-state index contributed by atoms with van der Waals surface area (Å²) in [6.45, 7) is -0.322. The Bertz CT molecular complexity index is 779. The number of Topliss-reactive ketones (excluding diaryl/α,β-unsaturated/α-hetero) is 1. The van der Waals surface area contributed by atoms with Crippen LogP contribution in [0.4, 0.5) is 0 Å². The average Bonchev–Trinajstić information content (AvgIpc) is 3.02. The van der Waals surface area contributed by atoms with Crippen LogP contribution in [-0.2, 0) is 24.7 Å². The van der Waals surface area contributed by atoms with Gasteiger partial charge in [-0.1, -0.05) is 17.7 Å². The first-order chi connectivity index (χ1) is 11.4. The Morgan fingerprint density at radius 3 is 2.75 bits per heavy atom. The van der Waals surface area contributed by atoms with Gasteiger partial charge >= 0.3 is 5.97 Å². The van der Waals surface area contributed by atoms with Gasteiger partial charge in [0.05, 0.1) is 0 Å². The van der Waals surface area contributed by atoms with E-state index in [1.807, 2.05) is 0 Å². The number of hydrogen-bond donors (Lipinski definition) is 3. The molecule has 0 aromatic heterocycles. The van der Waals surface area contributed by atoms with Gasteiger partial charge in [0.1, 0.15) is 17.9 Å². The number of rotatable bonds is 3. The standard InChI is InChI=1S/C16H14ClNO6/c17-8-2-3-10-9(6-8)13(21)12(15(23)18-7-11(19)20)14(22)16(10)4-1-5-24-16/h2-3,6,21H,1,4-5,7H2,(H,18,23)(H,19,20)/t16-/m1/s1. The smallest absolute Gasteiger partial charge is 0.322 e. The summed E-state index contributed by atoms with van der Waals surface area (Å²) in [7, 11) is 0. The minimum Gasteiger partial charge on any atom is -0.506 e. The highest BCUT2D eigenvalue weighted by Gasteiger charge is 2.52. The zero-order valence-electron chi connectivity index (χ0n) is 12.5. The molecule has 1 atom stereocenters. The molecule has 0 radical (unpaired) electrons. The van der Waals surface area contributed by atoms with Crippen LogP contribution in [0, 0.1) is 0 Å². The van der Waals surface area contributed by atoms with Crippen molar-refractivity contribution in [3.05, 3.63) is 39.9 Å². The van der Waals surface area contributed by atoms with Crippen molar-refractivity contribution in [2.45, 2.75) is 18.4 Å². The topological polar surface area (TPSA) is 113 Å². The summed E-state index contributed by atoms with van der Waals surface area (Å²) in [4.78, 5) is 35.8. The second-order valence-corrected chi connectivity index (χ2v) is 6.03. The van der Waals surface area contributed by atoms with Gasteiger partial charge in [-0.25, -0.2) is 0 Å². The lowest BCUT2D eigenvalue weighted by molar-refractivity contribution is -0.140. The average molecular weight is 352 g/mol. The number of benzene rings is 1. The van der Waals surface area contributed by atoms with E-state index in [1.165, 1.54) is 6.07 Å². The van der Waals surface area contributed by atoms with Gasteiger partial charge in [-0.05, 0) is 25.0 Å². The van der Waals surface area contributed by atoms with Crippen LogP contribution >= 0.6 is 11.6 Å². The third kappa shape index (κ3) is 2.46. The van der Waals surface area contributed by atoms with Gasteiger partial charge in [0.15, 0.2) is 5.60 Å². The van der Waals surface area contributed by atoms with Crippen LogP contribution in [0.3, 0.4) is 0 Å². The maximum absolute atomic E-state index is 12.9. The summed E-state index contributed by atoms with van der Waals surface area (Å²) in [6.07, 6.45) is 0.988. The molecular weight excluding hydrogens is 338 g/mol. The molecule has 1 aliphatic heterocycles. The lowest BCUT2D eigenvalue weighted by atomic mass is 9.75. The summed E-state index contributed by atoms with van der Waals surface area (Å²) < 4.78 is 5.68. The van der Waals surface area contributed by atoms with Crippen molar-refractivity contribution >= 4 is 35.0 Å². The number of ketones is 1. The van der Waals surface area contributed by atoms with E-state index in [1.54, 1.807) is 12.1 Å². The van der Waals surface area contributed by atoms with E-state index in [4.69, 9.17) is 21.4 Å². The Morgan fingerprint density at radius 1 is 1.38 bits per heavy atom. The summed E-state index contributed by atoms with van der Waals surface area (Å²) in [5.41, 5.74) is -1.15. The Kier molecular flexibility index (Phi) is 4.06. The molecule has 1 aromatic carbocycles. The number of aliphatic hydroxyl groups excluding tert-OH is 1. The Labute approximate surface area is 141 Å². The van der Waals surface area contributed by atoms with E-state index in [9.17, 15) is 19.5 Å². The van der Waals surface area contributed by atoms with Crippen LogP contribution in [0.5, 0.6) is 0 Å². The number of hydrogen-bond acceptors (Lipinski definition) is 5. The fraction of sp³-hybridized carbons (Fsp3) is 0.312. The molecule has 1 amide bonds. The Morgan fingerprint density at radius 2 is 2.12 bits per heavy atom. The molecule has 1 aliphatic carbocycles. The number of halogens is 1. The molecule has 0 saturated carbocycles. The van der Waals surface area contributed by atoms with E-state index in [0.29, 0.717) is 30.0 Å². The number of aliphatic hydroxyl groups is 1. The fourth-order valence-corrected chi connectivity index (χ4v) is 3.29. The lowest BCUT2D eigenvalue weighted by Gasteiger charge is -2.34. The van der Waals surface area contributed by atoms with Gasteiger partial charge in [-0.2, -0.15) is 0 Å². The zero-order valence-corrected chi connectivity index (χ0v) is 13.2. The van der Waals surface area contributed by atoms with Crippen molar-refractivity contribution < 1.29 is 29.3 Å². The van der Waals surface area contributed by atoms with Crippen molar-refractivity contribution in [2.24, 2.45) is 0 Å². The molecule has 1 heterocycles. The van der Waals surface area contributed by atoms with Gasteiger partial charge in [-0.3, -0.25) is 14.4 Å².